The fourth-order valence-electron chi connectivity index (χ4n) is 5.51. The zero-order valence-corrected chi connectivity index (χ0v) is 26.0. The second-order valence-corrected chi connectivity index (χ2v) is 11.1. The fourth-order valence-corrected chi connectivity index (χ4v) is 5.51. The number of amides is 1. The zero-order valence-electron chi connectivity index (χ0n) is 26.0. The number of anilines is 2. The van der Waals surface area contributed by atoms with Gasteiger partial charge in [-0.05, 0) is 61.9 Å². The number of nitrogens with two attached hydrogens (primary N) is 1. The molecule has 11 heteroatoms. The smallest absolute Gasteiger partial charge is 0.284 e. The predicted molar refractivity (Wildman–Crippen MR) is 178 cm³/mol. The number of carbonyl (C=O) groups is 1. The molecule has 1 aliphatic rings. The molecule has 1 aliphatic heterocycles. The molecule has 6 rings (SSSR count). The Morgan fingerprint density at radius 3 is 2.39 bits per heavy atom. The van der Waals surface area contributed by atoms with Crippen molar-refractivity contribution in [3.8, 4) is 34.0 Å². The van der Waals surface area contributed by atoms with Crippen molar-refractivity contribution >= 4 is 17.4 Å². The van der Waals surface area contributed by atoms with E-state index in [1.807, 2.05) is 66.7 Å². The number of rotatable bonds is 10. The number of nitrogen functional groups attached to an aromatic ring is 1. The van der Waals surface area contributed by atoms with Gasteiger partial charge in [0.05, 0.1) is 43.1 Å². The molecule has 46 heavy (non-hydrogen) atoms. The van der Waals surface area contributed by atoms with Crippen molar-refractivity contribution < 1.29 is 14.3 Å². The normalized spacial score (nSPS) is 13.4. The Labute approximate surface area is 267 Å². The first-order valence-electron chi connectivity index (χ1n) is 15.3. The van der Waals surface area contributed by atoms with Gasteiger partial charge < -0.3 is 20.5 Å². The molecule has 236 valence electrons. The molecule has 0 spiro atoms. The molecule has 0 bridgehead atoms. The van der Waals surface area contributed by atoms with Crippen LogP contribution < -0.4 is 21.3 Å². The molecule has 0 radical (unpaired) electrons. The number of para-hydroxylation sites is 1. The van der Waals surface area contributed by atoms with Crippen LogP contribution in [0, 0.1) is 6.92 Å². The summed E-state index contributed by atoms with van der Waals surface area (Å²) in [5, 5.41) is 2.85. The van der Waals surface area contributed by atoms with E-state index >= 15 is 0 Å². The Morgan fingerprint density at radius 2 is 1.67 bits per heavy atom. The number of aromatic nitrogens is 4. The van der Waals surface area contributed by atoms with Crippen molar-refractivity contribution in [2.75, 3.05) is 50.5 Å². The van der Waals surface area contributed by atoms with E-state index in [1.54, 1.807) is 37.0 Å². The highest BCUT2D eigenvalue weighted by atomic mass is 16.5. The summed E-state index contributed by atoms with van der Waals surface area (Å²) in [7, 11) is 1.76. The largest absolute Gasteiger partial charge is 0.494 e. The quantitative estimate of drug-likeness (QED) is 0.218. The minimum atomic E-state index is -0.480. The molecule has 0 unspecified atom stereocenters. The average Bonchev–Trinajstić information content (AvgIpc) is 3.31. The standard InChI is InChI=1S/C35H37N7O4/c1-24-31(35(44)42(40(24)2)28-7-4-3-5-8-28)34(43)38-27-13-9-26(10-14-27)32-33(36)37-23-30(39-32)25-11-15-29(16-12-25)46-20-6-17-41-18-21-45-22-19-41/h3-5,7-16,23H,6,17-22H2,1-2H3,(H2,36,37)(H,38,43). The number of morpholine rings is 1. The van der Waals surface area contributed by atoms with Crippen LogP contribution in [0.1, 0.15) is 22.5 Å². The van der Waals surface area contributed by atoms with Gasteiger partial charge in [-0.2, -0.15) is 0 Å². The Balaban J connectivity index is 1.11. The molecular weight excluding hydrogens is 582 g/mol. The van der Waals surface area contributed by atoms with E-state index in [9.17, 15) is 9.59 Å². The predicted octanol–water partition coefficient (Wildman–Crippen LogP) is 4.54. The van der Waals surface area contributed by atoms with Gasteiger partial charge in [0.15, 0.2) is 0 Å². The number of hydrogen-bond acceptors (Lipinski definition) is 8. The van der Waals surface area contributed by atoms with Gasteiger partial charge in [-0.15, -0.1) is 0 Å². The molecule has 3 N–H and O–H groups in total. The Morgan fingerprint density at radius 1 is 0.978 bits per heavy atom. The Kier molecular flexibility index (Phi) is 9.23. The molecule has 1 saturated heterocycles. The molecular formula is C35H37N7O4. The second-order valence-electron chi connectivity index (χ2n) is 11.1. The SMILES string of the molecule is Cc1c(C(=O)Nc2ccc(-c3nc(-c4ccc(OCCCN5CCOCC5)cc4)cnc3N)cc2)c(=O)n(-c2ccccc2)n1C. The molecule has 0 atom stereocenters. The van der Waals surface area contributed by atoms with Crippen molar-refractivity contribution in [1.82, 2.24) is 24.2 Å². The van der Waals surface area contributed by atoms with Crippen LogP contribution in [0.25, 0.3) is 28.2 Å². The molecule has 1 amide bonds. The minimum Gasteiger partial charge on any atom is -0.494 e. The van der Waals surface area contributed by atoms with E-state index in [4.69, 9.17) is 20.2 Å². The highest BCUT2D eigenvalue weighted by molar-refractivity contribution is 6.05. The second kappa shape index (κ2) is 13.8. The lowest BCUT2D eigenvalue weighted by atomic mass is 10.1. The lowest BCUT2D eigenvalue weighted by molar-refractivity contribution is 0.0358. The van der Waals surface area contributed by atoms with Crippen LogP contribution in [-0.4, -0.2) is 69.6 Å². The first-order chi connectivity index (χ1) is 22.4. The highest BCUT2D eigenvalue weighted by Crippen LogP contribution is 2.28. The third-order valence-electron chi connectivity index (χ3n) is 8.14. The summed E-state index contributed by atoms with van der Waals surface area (Å²) < 4.78 is 14.5. The van der Waals surface area contributed by atoms with Gasteiger partial charge in [0, 0.05) is 43.5 Å². The maximum absolute atomic E-state index is 13.2. The fraction of sp³-hybridized carbons (Fsp3) is 0.257. The van der Waals surface area contributed by atoms with E-state index in [1.165, 1.54) is 4.68 Å². The van der Waals surface area contributed by atoms with Crippen molar-refractivity contribution in [1.29, 1.82) is 0 Å². The summed E-state index contributed by atoms with van der Waals surface area (Å²) in [5.74, 6) is 0.616. The number of nitrogens with zero attached hydrogens (tertiary/aromatic N) is 5. The summed E-state index contributed by atoms with van der Waals surface area (Å²) >= 11 is 0. The lowest BCUT2D eigenvalue weighted by Crippen LogP contribution is -2.37. The van der Waals surface area contributed by atoms with Gasteiger partial charge in [-0.3, -0.25) is 19.2 Å². The number of ether oxygens (including phenoxy) is 2. The Bertz CT molecular complexity index is 1860. The van der Waals surface area contributed by atoms with Crippen molar-refractivity contribution in [3.05, 3.63) is 107 Å². The van der Waals surface area contributed by atoms with E-state index < -0.39 is 5.91 Å². The van der Waals surface area contributed by atoms with E-state index in [0.717, 1.165) is 56.1 Å². The minimum absolute atomic E-state index is 0.0858. The third kappa shape index (κ3) is 6.70. The molecule has 3 aromatic carbocycles. The molecule has 11 nitrogen and oxygen atoms in total. The van der Waals surface area contributed by atoms with Crippen LogP contribution in [0.15, 0.2) is 89.9 Å². The van der Waals surface area contributed by atoms with Crippen LogP contribution in [0.5, 0.6) is 5.75 Å². The van der Waals surface area contributed by atoms with E-state index in [2.05, 4.69) is 15.2 Å². The first kappa shape index (κ1) is 30.8. The van der Waals surface area contributed by atoms with Gasteiger partial charge in [0.1, 0.15) is 22.8 Å². The molecule has 1 fully saturated rings. The van der Waals surface area contributed by atoms with Gasteiger partial charge in [-0.25, -0.2) is 14.6 Å². The molecule has 0 saturated carbocycles. The van der Waals surface area contributed by atoms with Crippen LogP contribution in [0.3, 0.4) is 0 Å². The van der Waals surface area contributed by atoms with Crippen molar-refractivity contribution in [2.24, 2.45) is 7.05 Å². The molecule has 3 heterocycles. The number of hydrogen-bond donors (Lipinski definition) is 2. The number of carbonyl (C=O) groups excluding carboxylic acids is 1. The summed E-state index contributed by atoms with van der Waals surface area (Å²) in [5.41, 5.74) is 10.5. The summed E-state index contributed by atoms with van der Waals surface area (Å²) in [6, 6.07) is 24.1. The van der Waals surface area contributed by atoms with Crippen LogP contribution in [-0.2, 0) is 11.8 Å². The number of benzene rings is 3. The van der Waals surface area contributed by atoms with Gasteiger partial charge in [0.2, 0.25) is 0 Å². The van der Waals surface area contributed by atoms with E-state index in [-0.39, 0.29) is 11.1 Å². The molecule has 0 aliphatic carbocycles. The highest BCUT2D eigenvalue weighted by Gasteiger charge is 2.22. The summed E-state index contributed by atoms with van der Waals surface area (Å²) in [6.07, 6.45) is 2.60. The summed E-state index contributed by atoms with van der Waals surface area (Å²) in [6.45, 7) is 6.96. The maximum Gasteiger partial charge on any atom is 0.284 e. The zero-order chi connectivity index (χ0) is 32.0. The molecule has 5 aromatic rings. The lowest BCUT2D eigenvalue weighted by Gasteiger charge is -2.26. The maximum atomic E-state index is 13.2. The van der Waals surface area contributed by atoms with Crippen LogP contribution >= 0.6 is 0 Å². The number of nitrogens with one attached hydrogen (secondary N) is 1. The average molecular weight is 620 g/mol. The van der Waals surface area contributed by atoms with Crippen LogP contribution in [0.4, 0.5) is 11.5 Å². The first-order valence-corrected chi connectivity index (χ1v) is 15.3. The molecule has 2 aromatic heterocycles. The van der Waals surface area contributed by atoms with Gasteiger partial charge >= 0.3 is 0 Å². The van der Waals surface area contributed by atoms with Crippen molar-refractivity contribution in [3.63, 3.8) is 0 Å². The van der Waals surface area contributed by atoms with E-state index in [0.29, 0.717) is 40.9 Å². The topological polar surface area (TPSA) is 130 Å². The van der Waals surface area contributed by atoms with Gasteiger partial charge in [0.25, 0.3) is 11.5 Å². The summed E-state index contributed by atoms with van der Waals surface area (Å²) in [4.78, 5) is 38.0. The van der Waals surface area contributed by atoms with Crippen molar-refractivity contribution in [2.45, 2.75) is 13.3 Å². The van der Waals surface area contributed by atoms with Crippen LogP contribution in [0.2, 0.25) is 0 Å². The van der Waals surface area contributed by atoms with Gasteiger partial charge in [-0.1, -0.05) is 30.3 Å². The monoisotopic (exact) mass is 619 g/mol. The Hall–Kier alpha value is -5.26. The third-order valence-corrected chi connectivity index (χ3v) is 8.14.